The fourth-order valence-corrected chi connectivity index (χ4v) is 4.61. The number of imidazole rings is 1. The van der Waals surface area contributed by atoms with Crippen molar-refractivity contribution in [3.05, 3.63) is 71.9 Å². The van der Waals surface area contributed by atoms with Gasteiger partial charge in [0.1, 0.15) is 5.82 Å². The Morgan fingerprint density at radius 1 is 0.962 bits per heavy atom. The summed E-state index contributed by atoms with van der Waals surface area (Å²) in [6, 6.07) is 17.0. The van der Waals surface area contributed by atoms with Crippen molar-refractivity contribution in [2.75, 3.05) is 13.1 Å². The third-order valence-electron chi connectivity index (χ3n) is 5.85. The Morgan fingerprint density at radius 2 is 1.81 bits per heavy atom. The van der Waals surface area contributed by atoms with E-state index in [1.54, 1.807) is 0 Å². The fraction of sp³-hybridized carbons (Fsp3) is 0.364. The Kier molecular flexibility index (Phi) is 3.86. The molecule has 2 aliphatic heterocycles. The van der Waals surface area contributed by atoms with Crippen molar-refractivity contribution >= 4 is 0 Å². The van der Waals surface area contributed by atoms with Crippen LogP contribution in [0.3, 0.4) is 0 Å². The second-order valence-corrected chi connectivity index (χ2v) is 7.72. The molecule has 2 aliphatic rings. The first-order chi connectivity index (χ1) is 12.8. The lowest BCUT2D eigenvalue weighted by molar-refractivity contribution is 0.304. The van der Waals surface area contributed by atoms with Gasteiger partial charge in [-0.15, -0.1) is 0 Å². The van der Waals surface area contributed by atoms with Crippen LogP contribution in [-0.2, 0) is 19.5 Å². The lowest BCUT2D eigenvalue weighted by atomic mass is 9.89. The van der Waals surface area contributed by atoms with Gasteiger partial charge in [0.05, 0.1) is 17.6 Å². The van der Waals surface area contributed by atoms with Crippen LogP contribution in [-0.4, -0.2) is 32.5 Å². The lowest BCUT2D eigenvalue weighted by Crippen LogP contribution is -2.28. The predicted molar refractivity (Wildman–Crippen MR) is 103 cm³/mol. The fourth-order valence-electron chi connectivity index (χ4n) is 4.61. The van der Waals surface area contributed by atoms with Crippen LogP contribution in [0.5, 0.6) is 0 Å². The van der Waals surface area contributed by atoms with E-state index in [4.69, 9.17) is 4.98 Å². The molecule has 5 rings (SSSR count). The van der Waals surface area contributed by atoms with Crippen molar-refractivity contribution in [2.24, 2.45) is 11.8 Å². The van der Waals surface area contributed by atoms with Gasteiger partial charge in [-0.2, -0.15) is 0 Å². The van der Waals surface area contributed by atoms with E-state index in [0.29, 0.717) is 5.92 Å². The molecule has 0 spiro atoms. The Morgan fingerprint density at radius 3 is 2.65 bits per heavy atom. The van der Waals surface area contributed by atoms with Gasteiger partial charge in [0.2, 0.25) is 0 Å². The molecule has 0 amide bonds. The first-order valence-electron chi connectivity index (χ1n) is 9.51. The molecule has 1 saturated heterocycles. The first kappa shape index (κ1) is 15.8. The zero-order valence-electron chi connectivity index (χ0n) is 15.2. The molecular formula is C22H24N4. The van der Waals surface area contributed by atoms with Gasteiger partial charge in [-0.3, -0.25) is 9.88 Å². The summed E-state index contributed by atoms with van der Waals surface area (Å²) in [4.78, 5) is 12.0. The van der Waals surface area contributed by atoms with Gasteiger partial charge in [-0.1, -0.05) is 36.4 Å². The summed E-state index contributed by atoms with van der Waals surface area (Å²) in [5, 5.41) is 0. The SMILES string of the molecule is Cc1cccc(CN2C[C@H]3Cc4ncc(-c5ccccc5)n4C[C@@H]3C2)n1. The van der Waals surface area contributed by atoms with E-state index >= 15 is 0 Å². The van der Waals surface area contributed by atoms with E-state index in [2.05, 4.69) is 76.1 Å². The molecule has 0 unspecified atom stereocenters. The smallest absolute Gasteiger partial charge is 0.109 e. The summed E-state index contributed by atoms with van der Waals surface area (Å²) < 4.78 is 2.45. The predicted octanol–water partition coefficient (Wildman–Crippen LogP) is 3.56. The number of pyridine rings is 1. The van der Waals surface area contributed by atoms with Crippen molar-refractivity contribution in [3.8, 4) is 11.3 Å². The molecule has 1 fully saturated rings. The summed E-state index contributed by atoms with van der Waals surface area (Å²) in [6.07, 6.45) is 3.15. The molecule has 0 radical (unpaired) electrons. The Hall–Kier alpha value is -2.46. The molecule has 0 aliphatic carbocycles. The second-order valence-electron chi connectivity index (χ2n) is 7.72. The zero-order valence-corrected chi connectivity index (χ0v) is 15.2. The Bertz CT molecular complexity index is 915. The van der Waals surface area contributed by atoms with Gasteiger partial charge in [-0.25, -0.2) is 4.98 Å². The topological polar surface area (TPSA) is 34.0 Å². The maximum Gasteiger partial charge on any atom is 0.109 e. The number of nitrogens with zero attached hydrogens (tertiary/aromatic N) is 4. The molecular weight excluding hydrogens is 320 g/mol. The van der Waals surface area contributed by atoms with Crippen LogP contribution in [0.15, 0.2) is 54.7 Å². The number of fused-ring (bicyclic) bond motifs is 2. The van der Waals surface area contributed by atoms with Crippen molar-refractivity contribution < 1.29 is 0 Å². The molecule has 4 heterocycles. The summed E-state index contributed by atoms with van der Waals surface area (Å²) in [5.74, 6) is 2.68. The van der Waals surface area contributed by atoms with Gasteiger partial charge < -0.3 is 4.57 Å². The van der Waals surface area contributed by atoms with E-state index in [0.717, 1.165) is 44.2 Å². The minimum atomic E-state index is 0.712. The molecule has 2 aromatic heterocycles. The summed E-state index contributed by atoms with van der Waals surface area (Å²) in [5.41, 5.74) is 4.82. The van der Waals surface area contributed by atoms with Crippen molar-refractivity contribution in [2.45, 2.75) is 26.4 Å². The maximum absolute atomic E-state index is 4.75. The zero-order chi connectivity index (χ0) is 17.5. The molecule has 0 N–H and O–H groups in total. The van der Waals surface area contributed by atoms with E-state index in [1.165, 1.54) is 22.8 Å². The molecule has 0 bridgehead atoms. The Labute approximate surface area is 154 Å². The van der Waals surface area contributed by atoms with Crippen LogP contribution in [0.2, 0.25) is 0 Å². The Balaban J connectivity index is 1.34. The first-order valence-corrected chi connectivity index (χ1v) is 9.51. The van der Waals surface area contributed by atoms with Crippen LogP contribution < -0.4 is 0 Å². The molecule has 4 heteroatoms. The highest BCUT2D eigenvalue weighted by molar-refractivity contribution is 5.59. The van der Waals surface area contributed by atoms with E-state index in [-0.39, 0.29) is 0 Å². The van der Waals surface area contributed by atoms with Crippen molar-refractivity contribution in [1.29, 1.82) is 0 Å². The minimum Gasteiger partial charge on any atom is -0.328 e. The van der Waals surface area contributed by atoms with Crippen LogP contribution in [0.1, 0.15) is 17.2 Å². The van der Waals surface area contributed by atoms with E-state index in [9.17, 15) is 0 Å². The molecule has 2 atom stereocenters. The van der Waals surface area contributed by atoms with Crippen molar-refractivity contribution in [3.63, 3.8) is 0 Å². The van der Waals surface area contributed by atoms with Gasteiger partial charge in [0, 0.05) is 38.3 Å². The number of aryl methyl sites for hydroxylation is 1. The number of hydrogen-bond acceptors (Lipinski definition) is 3. The quantitative estimate of drug-likeness (QED) is 0.728. The van der Waals surface area contributed by atoms with Gasteiger partial charge in [0.25, 0.3) is 0 Å². The monoisotopic (exact) mass is 344 g/mol. The number of aromatic nitrogens is 3. The number of benzene rings is 1. The van der Waals surface area contributed by atoms with Crippen LogP contribution in [0.25, 0.3) is 11.3 Å². The average molecular weight is 344 g/mol. The maximum atomic E-state index is 4.75. The van der Waals surface area contributed by atoms with Gasteiger partial charge in [0.15, 0.2) is 0 Å². The molecule has 1 aromatic carbocycles. The molecule has 0 saturated carbocycles. The normalized spacial score (nSPS) is 22.2. The van der Waals surface area contributed by atoms with Crippen molar-refractivity contribution in [1.82, 2.24) is 19.4 Å². The third-order valence-corrected chi connectivity index (χ3v) is 5.85. The largest absolute Gasteiger partial charge is 0.328 e. The second kappa shape index (κ2) is 6.36. The molecule has 4 nitrogen and oxygen atoms in total. The summed E-state index contributed by atoms with van der Waals surface area (Å²) >= 11 is 0. The number of likely N-dealkylation sites (tertiary alicyclic amines) is 1. The minimum absolute atomic E-state index is 0.712. The van der Waals surface area contributed by atoms with Gasteiger partial charge >= 0.3 is 0 Å². The van der Waals surface area contributed by atoms with E-state index < -0.39 is 0 Å². The summed E-state index contributed by atoms with van der Waals surface area (Å²) in [6.45, 7) is 6.43. The van der Waals surface area contributed by atoms with Crippen LogP contribution >= 0.6 is 0 Å². The highest BCUT2D eigenvalue weighted by Crippen LogP contribution is 2.35. The average Bonchev–Trinajstić information content (AvgIpc) is 3.23. The lowest BCUT2D eigenvalue weighted by Gasteiger charge is -2.27. The highest BCUT2D eigenvalue weighted by Gasteiger charge is 2.37. The van der Waals surface area contributed by atoms with E-state index in [1.807, 2.05) is 0 Å². The molecule has 132 valence electrons. The standard InChI is InChI=1S/C22H24N4/c1-16-6-5-9-20(24-16)15-25-12-18-10-22-23-11-21(17-7-3-2-4-8-17)26(22)14-19(18)13-25/h2-9,11,18-19H,10,12-15H2,1H3/t18-,19+/m1/s1. The third kappa shape index (κ3) is 2.84. The highest BCUT2D eigenvalue weighted by atomic mass is 15.2. The molecule has 3 aromatic rings. The molecule has 26 heavy (non-hydrogen) atoms. The van der Waals surface area contributed by atoms with Crippen LogP contribution in [0, 0.1) is 18.8 Å². The van der Waals surface area contributed by atoms with Gasteiger partial charge in [-0.05, 0) is 36.5 Å². The summed E-state index contributed by atoms with van der Waals surface area (Å²) in [7, 11) is 0. The number of hydrogen-bond donors (Lipinski definition) is 0. The number of rotatable bonds is 3. The van der Waals surface area contributed by atoms with Crippen LogP contribution in [0.4, 0.5) is 0 Å².